The first kappa shape index (κ1) is 115. The van der Waals surface area contributed by atoms with E-state index >= 15 is 0 Å². The number of amides is 1. The van der Waals surface area contributed by atoms with Crippen LogP contribution in [0.1, 0.15) is 125 Å². The molecule has 0 saturated heterocycles. The second-order valence-electron chi connectivity index (χ2n) is 36.4. The Hall–Kier alpha value is -7.50. The van der Waals surface area contributed by atoms with Gasteiger partial charge in [-0.2, -0.15) is 26.7 Å². The van der Waals surface area contributed by atoms with Crippen LogP contribution in [-0.4, -0.2) is 188 Å². The number of nitro benzene ring substituents is 2. The molecule has 134 heavy (non-hydrogen) atoms. The molecule has 20 fully saturated rings. The summed E-state index contributed by atoms with van der Waals surface area (Å²) in [5.41, 5.74) is 5.53. The van der Waals surface area contributed by atoms with Crippen molar-refractivity contribution < 1.29 is 116 Å². The number of nitrogens with one attached hydrogen (secondary N) is 1. The van der Waals surface area contributed by atoms with Crippen LogP contribution >= 0.6 is 25.1 Å². The molecule has 24 aliphatic rings. The van der Waals surface area contributed by atoms with Gasteiger partial charge in [0.2, 0.25) is 0 Å². The summed E-state index contributed by atoms with van der Waals surface area (Å²) in [5, 5.41) is 55.1. The van der Waals surface area contributed by atoms with Crippen LogP contribution in [0.25, 0.3) is 0 Å². The van der Waals surface area contributed by atoms with Crippen LogP contribution in [0.15, 0.2) is 110 Å². The minimum Gasteiger partial charge on any atom is -1.00 e. The number of Topliss-reactive ketones (excluding diaryl/α,β-unsaturated/α-hetero) is 2. The van der Waals surface area contributed by atoms with E-state index < -0.39 is 45.5 Å². The quantitative estimate of drug-likeness (QED) is 0.00779. The average molecular weight is 1980 g/mol. The Morgan fingerprint density at radius 2 is 0.806 bits per heavy atom. The van der Waals surface area contributed by atoms with E-state index in [-0.39, 0.29) is 152 Å². The Kier molecular flexibility index (Phi) is 42.0. The van der Waals surface area contributed by atoms with Gasteiger partial charge in [0.05, 0.1) is 40.6 Å². The Labute approximate surface area is 831 Å². The molecule has 4 aromatic rings. The number of carboxylic acids is 1. The van der Waals surface area contributed by atoms with Gasteiger partial charge in [0.1, 0.15) is 42.5 Å². The zero-order chi connectivity index (χ0) is 93.3. The normalized spacial score (nSPS) is 34.3. The number of nitrogens with two attached hydrogens (primary N) is 1. The van der Waals surface area contributed by atoms with Gasteiger partial charge in [-0.05, 0) is 237 Å². The van der Waals surface area contributed by atoms with Gasteiger partial charge in [0, 0.05) is 111 Å². The van der Waals surface area contributed by atoms with Crippen LogP contribution in [0, 0.1) is 204 Å². The van der Waals surface area contributed by atoms with E-state index in [1.54, 1.807) is 12.4 Å². The summed E-state index contributed by atoms with van der Waals surface area (Å²) < 4.78 is 59.2. The first-order chi connectivity index (χ1) is 60.9. The molecule has 0 atom stereocenters. The number of esters is 2. The van der Waals surface area contributed by atoms with Gasteiger partial charge in [-0.15, -0.1) is 10.2 Å². The number of fused-ring (bicyclic) bond motifs is 4. The standard InChI is InChI=1S/C14H16N4O3.C14H11NO5.3C8H10.C7H4ClNO4.C7H8O.C6H10N4O.2C6H15N.C4H6O3.C2HF3O2.3CH4.Al.Li.S3.H2S.4H/c1-5(19)3-18-4-6(16-17-18)2-15-14(20)21-13-11-7-8(11)10-9(7)12(10)13;16-14(19-6-3-1-5(2-4-6)15(17)18)20-13-11-7-8(11)10-9(7)12(10)13;1-2-3-5-6(3)8-4(2)7(5)8;2*1-6-7-2-3-8(6)5-4-7;8-7(10)13-6-3-1-5(2-4-6)9(11)12;8-7-5-1-2(5)4-3(1)6(4)7;1-5(11)3-10-4-6(2-7)8-9-10;2*1-4-7(5-2)6-3;1-3(5)7-4(2)6;3-2(4,5)1(6)7;;;;;;1-3-2;;;;;/h4,7-13H,2-3H2,1H3,(H,15,20);1-4,7-13H;3*2-8H,1H3;1-4H;1-8H;4H,2-3,7H2,1H3;2*4-6H2,1-3H3;1-2H3;(H,6,7);3*1H4;;;;1H2;;;;/q;;;;;;;;;;;;;;;;+1;;;;;;-1. The molecule has 24 aliphatic carbocycles. The second kappa shape index (κ2) is 48.9. The smallest absolute Gasteiger partial charge is 1.00 e. The van der Waals surface area contributed by atoms with Crippen LogP contribution in [0.4, 0.5) is 38.9 Å². The van der Waals surface area contributed by atoms with Gasteiger partial charge in [-0.3, -0.25) is 39.4 Å². The van der Waals surface area contributed by atoms with E-state index in [1.807, 2.05) is 0 Å². The van der Waals surface area contributed by atoms with E-state index in [0.717, 1.165) is 127 Å². The molecule has 5 N–H and O–H groups in total. The Balaban J connectivity index is 0.000000264. The number of aromatic nitrogens is 6. The number of nitrogens with zero attached hydrogens (tertiary/aromatic N) is 10. The number of ketones is 2. The maximum absolute atomic E-state index is 11.9. The number of rotatable bonds is 19. The van der Waals surface area contributed by atoms with Crippen molar-refractivity contribution in [3.63, 3.8) is 0 Å². The zero-order valence-electron chi connectivity index (χ0n) is 76.2. The van der Waals surface area contributed by atoms with Crippen molar-refractivity contribution in [1.29, 1.82) is 0 Å². The van der Waals surface area contributed by atoms with Gasteiger partial charge in [-0.1, -0.05) is 144 Å². The Morgan fingerprint density at radius 1 is 0.522 bits per heavy atom. The summed E-state index contributed by atoms with van der Waals surface area (Å²) in [6.45, 7) is 33.8. The molecule has 20 saturated carbocycles. The first-order valence-corrected chi connectivity index (χ1v) is 47.4. The van der Waals surface area contributed by atoms with Crippen LogP contribution in [0.3, 0.4) is 0 Å². The number of nitro groups is 2. The van der Waals surface area contributed by atoms with Crippen LogP contribution in [0.5, 0.6) is 11.5 Å². The van der Waals surface area contributed by atoms with Crippen LogP contribution in [-0.2, 0) is 95.6 Å². The molecule has 31 nitrogen and oxygen atoms in total. The van der Waals surface area contributed by atoms with E-state index in [9.17, 15) is 72.1 Å². The molecular formula is C93H134AlClF3LiN12O19S4. The Morgan fingerprint density at radius 3 is 1.01 bits per heavy atom. The fraction of sp³-hybridized carbons (Fsp3) is 0.656. The van der Waals surface area contributed by atoms with Crippen LogP contribution in [0.2, 0.25) is 0 Å². The number of carboxylic acid groups (broad SMARTS) is 1. The molecule has 2 heterocycles. The first-order valence-electron chi connectivity index (χ1n) is 44.3. The third-order valence-electron chi connectivity index (χ3n) is 30.0. The number of aliphatic carboxylic acids is 1. The second-order valence-corrected chi connectivity index (χ2v) is 38.5. The van der Waals surface area contributed by atoms with Gasteiger partial charge in [-0.25, -0.2) is 28.5 Å². The number of non-ortho nitro benzene ring substituents is 2. The van der Waals surface area contributed by atoms with Crippen molar-refractivity contribution in [3.05, 3.63) is 141 Å². The number of aliphatic hydroxyl groups excluding tert-OH is 1. The topological polar surface area (TPSA) is 415 Å². The molecule has 12 bridgehead atoms. The van der Waals surface area contributed by atoms with Crippen molar-refractivity contribution in [2.75, 3.05) is 39.3 Å². The fourth-order valence-electron chi connectivity index (χ4n) is 24.2. The van der Waals surface area contributed by atoms with Crippen molar-refractivity contribution >= 4 is 132 Å². The maximum atomic E-state index is 11.9. The largest absolute Gasteiger partial charge is 1.00 e. The number of aliphatic hydroxyl groups is 1. The minimum atomic E-state index is -5.08. The molecular weight excluding hydrogens is 1840 g/mol. The monoisotopic (exact) mass is 1980 g/mol. The summed E-state index contributed by atoms with van der Waals surface area (Å²) in [5.74, 6) is 25.6. The fourth-order valence-corrected chi connectivity index (χ4v) is 24.3. The number of ether oxygens (including phenoxy) is 5. The molecule has 0 radical (unpaired) electrons. The van der Waals surface area contributed by atoms with Crippen LogP contribution < -0.4 is 39.4 Å². The minimum absolute atomic E-state index is 0. The molecule has 0 aliphatic heterocycles. The number of carbonyl (C=O) groups is 8. The van der Waals surface area contributed by atoms with E-state index in [4.69, 9.17) is 41.4 Å². The van der Waals surface area contributed by atoms with E-state index in [0.29, 0.717) is 41.6 Å². The number of hydrogen-bond acceptors (Lipinski definition) is 27. The summed E-state index contributed by atoms with van der Waals surface area (Å²) in [6, 6.07) is 10.4. The third-order valence-corrected chi connectivity index (χ3v) is 30.1. The zero-order valence-corrected chi connectivity index (χ0v) is 79.4. The molecule has 1 amide bonds. The molecule has 0 unspecified atom stereocenters. The Bertz CT molecular complexity index is 4580. The molecule has 0 spiro atoms. The van der Waals surface area contributed by atoms with E-state index in [2.05, 4.69) is 179 Å². The number of alkyl halides is 3. The maximum Gasteiger partial charge on any atom is 1.00 e. The van der Waals surface area contributed by atoms with Gasteiger partial charge in [0.15, 0.2) is 28.9 Å². The summed E-state index contributed by atoms with van der Waals surface area (Å²) >= 11 is 13.2. The predicted octanol–water partition coefficient (Wildman–Crippen LogP) is 10.9. The average Bonchev–Trinajstić information content (AvgIpc) is 1.44. The van der Waals surface area contributed by atoms with E-state index in [1.165, 1.54) is 166 Å². The van der Waals surface area contributed by atoms with Crippen molar-refractivity contribution in [2.24, 2.45) is 189 Å². The third kappa shape index (κ3) is 25.8. The summed E-state index contributed by atoms with van der Waals surface area (Å²) in [6.07, 6.45) is 16.1. The number of benzene rings is 2. The van der Waals surface area contributed by atoms with Gasteiger partial charge in [0.25, 0.3) is 11.4 Å². The number of hydrogen-bond donors (Lipinski definition) is 4. The van der Waals surface area contributed by atoms with Gasteiger partial charge < -0.3 is 56.2 Å². The SMILES string of the molecule is C.C.C.CC(=O)Cn1cc(CN)nn1.CC(=O)Cn1cc(CNC(=O)OC2C3C4C3C3C2C43)nn1.CC(=O)OC(C)=O.CC1C2C3C2C2C1C32.CC1C2C=CC1C=C2.CC1C2C=CC1C=C2.CCN(CC)CC.CCN(CC)CC.O=C(Cl)Oc1ccc([N+](=O)[O-])cc1.O=C(O)C(F)(F)F.O=C(Oc1ccc([N+](=O)[O-])cc1)OC1C2C3C2C2C1C32.OC1C2C3C2C2C1C32.S.S=S=S.[AlH3].[H-].[Li+]. The van der Waals surface area contributed by atoms with Crippen molar-refractivity contribution in [1.82, 2.24) is 45.1 Å². The number of allylic oxidation sites excluding steroid dienone is 8. The molecule has 2 aromatic carbocycles. The molecule has 2 aromatic heterocycles. The van der Waals surface area contributed by atoms with Gasteiger partial charge >= 0.3 is 60.6 Å². The molecule has 736 valence electrons. The predicted molar refractivity (Wildman–Crippen MR) is 510 cm³/mol. The summed E-state index contributed by atoms with van der Waals surface area (Å²) in [4.78, 5) is 108. The number of carbonyl (C=O) groups excluding carboxylic acids is 7. The van der Waals surface area contributed by atoms with Crippen molar-refractivity contribution in [2.45, 2.75) is 163 Å². The number of halogens is 4. The molecule has 41 heteroatoms. The number of alkyl carbamates (subject to hydrolysis) is 1. The van der Waals surface area contributed by atoms with Crippen molar-refractivity contribution in [3.8, 4) is 11.5 Å². The summed E-state index contributed by atoms with van der Waals surface area (Å²) in [7, 11) is 0.917. The molecule has 28 rings (SSSR count).